The highest BCUT2D eigenvalue weighted by molar-refractivity contribution is 5.12. The van der Waals surface area contributed by atoms with Crippen molar-refractivity contribution in [2.75, 3.05) is 13.2 Å². The summed E-state index contributed by atoms with van der Waals surface area (Å²) < 4.78 is 6.31. The monoisotopic (exact) mass is 332 g/mol. The lowest BCUT2D eigenvalue weighted by molar-refractivity contribution is 0.109. The molecule has 0 unspecified atom stereocenters. The van der Waals surface area contributed by atoms with Gasteiger partial charge in [-0.1, -0.05) is 38.8 Å². The van der Waals surface area contributed by atoms with Gasteiger partial charge in [-0.15, -0.1) is 0 Å². The third kappa shape index (κ3) is 6.26. The van der Waals surface area contributed by atoms with E-state index in [0.29, 0.717) is 6.54 Å². The van der Waals surface area contributed by atoms with Crippen LogP contribution in [0.3, 0.4) is 0 Å². The summed E-state index contributed by atoms with van der Waals surface area (Å²) in [6.07, 6.45) is 14.1. The Morgan fingerprint density at radius 3 is 2.54 bits per heavy atom. The van der Waals surface area contributed by atoms with Gasteiger partial charge < -0.3 is 15.8 Å². The fourth-order valence-electron chi connectivity index (χ4n) is 3.93. The van der Waals surface area contributed by atoms with Crippen molar-refractivity contribution in [1.29, 1.82) is 0 Å². The van der Waals surface area contributed by atoms with E-state index in [9.17, 15) is 0 Å². The lowest BCUT2D eigenvalue weighted by Crippen LogP contribution is -2.26. The van der Waals surface area contributed by atoms with Crippen molar-refractivity contribution in [1.82, 2.24) is 5.32 Å². The fourth-order valence-corrected chi connectivity index (χ4v) is 3.93. The van der Waals surface area contributed by atoms with Crippen LogP contribution in [0.2, 0.25) is 0 Å². The first-order chi connectivity index (χ1) is 11.6. The van der Waals surface area contributed by atoms with E-state index < -0.39 is 0 Å². The molecule has 3 nitrogen and oxygen atoms in total. The molecule has 24 heavy (non-hydrogen) atoms. The lowest BCUT2D eigenvalue weighted by Gasteiger charge is -2.34. The number of ether oxygens (including phenoxy) is 1. The molecule has 0 spiro atoms. The maximum atomic E-state index is 6.31. The number of allylic oxidation sites excluding steroid dienone is 4. The van der Waals surface area contributed by atoms with Crippen LogP contribution >= 0.6 is 0 Å². The number of rotatable bonds is 9. The van der Waals surface area contributed by atoms with Crippen LogP contribution in [0.15, 0.2) is 35.9 Å². The van der Waals surface area contributed by atoms with Crippen LogP contribution in [-0.4, -0.2) is 13.2 Å². The minimum absolute atomic E-state index is 0.648. The second kappa shape index (κ2) is 9.80. The molecule has 2 aliphatic carbocycles. The molecule has 0 bridgehead atoms. The van der Waals surface area contributed by atoms with Crippen molar-refractivity contribution in [3.8, 4) is 0 Å². The van der Waals surface area contributed by atoms with E-state index >= 15 is 0 Å². The summed E-state index contributed by atoms with van der Waals surface area (Å²) >= 11 is 0. The Labute approximate surface area is 148 Å². The largest absolute Gasteiger partial charge is 0.496 e. The van der Waals surface area contributed by atoms with Crippen molar-refractivity contribution < 1.29 is 4.74 Å². The summed E-state index contributed by atoms with van der Waals surface area (Å²) in [7, 11) is 0. The van der Waals surface area contributed by atoms with E-state index in [-0.39, 0.29) is 0 Å². The van der Waals surface area contributed by atoms with Gasteiger partial charge >= 0.3 is 0 Å². The predicted octanol–water partition coefficient (Wildman–Crippen LogP) is 4.87. The number of nitrogens with one attached hydrogen (secondary N) is 1. The summed E-state index contributed by atoms with van der Waals surface area (Å²) in [5, 5.41) is 3.43. The topological polar surface area (TPSA) is 47.3 Å². The quantitative estimate of drug-likeness (QED) is 0.468. The summed E-state index contributed by atoms with van der Waals surface area (Å²) in [6, 6.07) is 0. The molecule has 0 radical (unpaired) electrons. The number of nitrogens with two attached hydrogens (primary N) is 1. The van der Waals surface area contributed by atoms with Crippen LogP contribution in [0.1, 0.15) is 65.2 Å². The molecular weight excluding hydrogens is 296 g/mol. The first-order valence-corrected chi connectivity index (χ1v) is 9.72. The Bertz CT molecular complexity index is 454. The van der Waals surface area contributed by atoms with Gasteiger partial charge in [0.25, 0.3) is 0 Å². The van der Waals surface area contributed by atoms with Gasteiger partial charge in [-0.25, -0.2) is 0 Å². The standard InChI is InChI=1S/C21H36N2O/c1-4-8-20(22)14-23-17(3)21(13-19-11-16(2)12-19)24-15-18-9-6-5-7-10-18/h4,8,16,18-19,23H,1,5-7,9-15,22H2,2-3H3/b20-8-,21-17-. The SMILES string of the molecule is C=C/C=C(\N)CN/C(C)=C(/CC1CC(C)C1)OCC1CCCCC1. The molecule has 0 aliphatic heterocycles. The van der Waals surface area contributed by atoms with Gasteiger partial charge in [0.1, 0.15) is 5.76 Å². The molecule has 3 heteroatoms. The highest BCUT2D eigenvalue weighted by Gasteiger charge is 2.27. The highest BCUT2D eigenvalue weighted by atomic mass is 16.5. The van der Waals surface area contributed by atoms with E-state index in [1.54, 1.807) is 6.08 Å². The van der Waals surface area contributed by atoms with E-state index in [0.717, 1.165) is 47.9 Å². The average Bonchev–Trinajstić information content (AvgIpc) is 2.55. The Morgan fingerprint density at radius 1 is 1.21 bits per heavy atom. The van der Waals surface area contributed by atoms with Gasteiger partial charge in [0.05, 0.1) is 13.2 Å². The van der Waals surface area contributed by atoms with Gasteiger partial charge in [0, 0.05) is 17.8 Å². The van der Waals surface area contributed by atoms with Crippen molar-refractivity contribution in [3.63, 3.8) is 0 Å². The Hall–Kier alpha value is -1.38. The van der Waals surface area contributed by atoms with Gasteiger partial charge in [0.15, 0.2) is 0 Å². The molecule has 0 atom stereocenters. The van der Waals surface area contributed by atoms with Crippen molar-refractivity contribution in [3.05, 3.63) is 35.9 Å². The second-order valence-corrected chi connectivity index (χ2v) is 7.84. The van der Waals surface area contributed by atoms with Crippen LogP contribution < -0.4 is 11.1 Å². The predicted molar refractivity (Wildman–Crippen MR) is 102 cm³/mol. The minimum atomic E-state index is 0.648. The lowest BCUT2D eigenvalue weighted by atomic mass is 9.74. The molecule has 0 amide bonds. The second-order valence-electron chi connectivity index (χ2n) is 7.84. The molecular formula is C21H36N2O. The first kappa shape index (κ1) is 19.0. The molecule has 2 aliphatic rings. The molecule has 2 rings (SSSR count). The third-order valence-corrected chi connectivity index (χ3v) is 5.47. The minimum Gasteiger partial charge on any atom is -0.496 e. The van der Waals surface area contributed by atoms with Crippen LogP contribution in [0.5, 0.6) is 0 Å². The van der Waals surface area contributed by atoms with Gasteiger partial charge in [-0.05, 0) is 56.4 Å². The van der Waals surface area contributed by atoms with Gasteiger partial charge in [-0.3, -0.25) is 0 Å². The molecule has 136 valence electrons. The molecule has 0 aromatic heterocycles. The highest BCUT2D eigenvalue weighted by Crippen LogP contribution is 2.38. The summed E-state index contributed by atoms with van der Waals surface area (Å²) in [5.74, 6) is 3.57. The third-order valence-electron chi connectivity index (χ3n) is 5.47. The Kier molecular flexibility index (Phi) is 7.74. The van der Waals surface area contributed by atoms with Crippen LogP contribution in [0.25, 0.3) is 0 Å². The molecule has 3 N–H and O–H groups in total. The van der Waals surface area contributed by atoms with Gasteiger partial charge in [0.2, 0.25) is 0 Å². The molecule has 0 saturated heterocycles. The number of hydrogen-bond donors (Lipinski definition) is 2. The maximum absolute atomic E-state index is 6.31. The van der Waals surface area contributed by atoms with Crippen molar-refractivity contribution in [2.45, 2.75) is 65.2 Å². The average molecular weight is 333 g/mol. The van der Waals surface area contributed by atoms with Gasteiger partial charge in [-0.2, -0.15) is 0 Å². The first-order valence-electron chi connectivity index (χ1n) is 9.72. The number of hydrogen-bond acceptors (Lipinski definition) is 3. The van der Waals surface area contributed by atoms with E-state index in [1.807, 2.05) is 6.08 Å². The Balaban J connectivity index is 1.90. The zero-order valence-corrected chi connectivity index (χ0v) is 15.7. The van der Waals surface area contributed by atoms with Crippen LogP contribution in [0, 0.1) is 17.8 Å². The summed E-state index contributed by atoms with van der Waals surface area (Å²) in [6.45, 7) is 9.69. The Morgan fingerprint density at radius 2 is 1.92 bits per heavy atom. The molecule has 0 aromatic rings. The van der Waals surface area contributed by atoms with Crippen LogP contribution in [0.4, 0.5) is 0 Å². The smallest absolute Gasteiger partial charge is 0.115 e. The van der Waals surface area contributed by atoms with Crippen LogP contribution in [-0.2, 0) is 4.74 Å². The normalized spacial score (nSPS) is 26.3. The fraction of sp³-hybridized carbons (Fsp3) is 0.714. The van der Waals surface area contributed by atoms with Crippen molar-refractivity contribution >= 4 is 0 Å². The van der Waals surface area contributed by atoms with E-state index in [4.69, 9.17) is 10.5 Å². The zero-order chi connectivity index (χ0) is 17.4. The molecule has 2 saturated carbocycles. The van der Waals surface area contributed by atoms with E-state index in [1.165, 1.54) is 44.9 Å². The summed E-state index contributed by atoms with van der Waals surface area (Å²) in [5.41, 5.74) is 7.89. The summed E-state index contributed by atoms with van der Waals surface area (Å²) in [4.78, 5) is 0. The molecule has 0 aromatic carbocycles. The molecule has 0 heterocycles. The molecule has 2 fully saturated rings. The zero-order valence-electron chi connectivity index (χ0n) is 15.7. The van der Waals surface area contributed by atoms with E-state index in [2.05, 4.69) is 25.7 Å². The van der Waals surface area contributed by atoms with Crippen molar-refractivity contribution in [2.24, 2.45) is 23.5 Å². The maximum Gasteiger partial charge on any atom is 0.115 e.